The van der Waals surface area contributed by atoms with Crippen LogP contribution in [0.1, 0.15) is 45.7 Å². The number of halogens is 2. The number of rotatable bonds is 3. The van der Waals surface area contributed by atoms with Crippen LogP contribution in [0.3, 0.4) is 0 Å². The first kappa shape index (κ1) is 14.2. The van der Waals surface area contributed by atoms with Gasteiger partial charge in [-0.05, 0) is 52.7 Å². The third-order valence-electron chi connectivity index (χ3n) is 2.99. The minimum Gasteiger partial charge on any atom is -0.207 e. The van der Waals surface area contributed by atoms with Crippen LogP contribution >= 0.6 is 11.6 Å². The van der Waals surface area contributed by atoms with Crippen molar-refractivity contribution in [3.05, 3.63) is 46.3 Å². The topological polar surface area (TPSA) is 0 Å². The van der Waals surface area contributed by atoms with E-state index in [1.165, 1.54) is 17.2 Å². The summed E-state index contributed by atoms with van der Waals surface area (Å²) in [6, 6.07) is 5.20. The van der Waals surface area contributed by atoms with E-state index in [-0.39, 0.29) is 5.82 Å². The van der Waals surface area contributed by atoms with Gasteiger partial charge in [0.2, 0.25) is 0 Å². The molecule has 17 heavy (non-hydrogen) atoms. The minimum absolute atomic E-state index is 0.233. The fourth-order valence-corrected chi connectivity index (χ4v) is 1.77. The Morgan fingerprint density at radius 2 is 1.82 bits per heavy atom. The maximum absolute atomic E-state index is 13.7. The molecule has 0 N–H and O–H groups in total. The van der Waals surface area contributed by atoms with E-state index in [0.29, 0.717) is 5.56 Å². The summed E-state index contributed by atoms with van der Waals surface area (Å²) >= 11 is 6.18. The normalized spacial score (nSPS) is 11.5. The molecule has 0 radical (unpaired) electrons. The Hall–Kier alpha value is -0.820. The summed E-state index contributed by atoms with van der Waals surface area (Å²) < 4.78 is 13.7. The number of alkyl halides is 1. The molecule has 0 amide bonds. The van der Waals surface area contributed by atoms with E-state index in [0.717, 1.165) is 12.0 Å². The second kappa shape index (κ2) is 5.22. The molecule has 0 aliphatic carbocycles. The van der Waals surface area contributed by atoms with Crippen LogP contribution in [0.4, 0.5) is 4.39 Å². The lowest BCUT2D eigenvalue weighted by molar-refractivity contribution is 0.582. The molecule has 0 aliphatic rings. The van der Waals surface area contributed by atoms with Crippen LogP contribution in [-0.4, -0.2) is 0 Å². The van der Waals surface area contributed by atoms with Gasteiger partial charge in [-0.2, -0.15) is 0 Å². The smallest absolute Gasteiger partial charge is 0.128 e. The van der Waals surface area contributed by atoms with Crippen molar-refractivity contribution < 1.29 is 4.39 Å². The van der Waals surface area contributed by atoms with Gasteiger partial charge in [-0.25, -0.2) is 4.39 Å². The fourth-order valence-electron chi connectivity index (χ4n) is 1.62. The predicted octanol–water partition coefficient (Wildman–Crippen LogP) is 5.20. The van der Waals surface area contributed by atoms with Crippen molar-refractivity contribution in [2.75, 3.05) is 0 Å². The highest BCUT2D eigenvalue weighted by atomic mass is 35.5. The van der Waals surface area contributed by atoms with Gasteiger partial charge in [0.25, 0.3) is 0 Å². The van der Waals surface area contributed by atoms with E-state index in [1.54, 1.807) is 0 Å². The molecule has 1 rings (SSSR count). The van der Waals surface area contributed by atoms with Crippen LogP contribution in [0.5, 0.6) is 0 Å². The lowest BCUT2D eigenvalue weighted by Crippen LogP contribution is -2.11. The summed E-state index contributed by atoms with van der Waals surface area (Å²) in [7, 11) is 0. The van der Waals surface area contributed by atoms with E-state index in [1.807, 2.05) is 26.0 Å². The molecule has 1 aromatic rings. The molecule has 0 aromatic heterocycles. The first-order valence-electron chi connectivity index (χ1n) is 5.82. The molecule has 0 fully saturated rings. The fraction of sp³-hybridized carbons (Fsp3) is 0.467. The van der Waals surface area contributed by atoms with Crippen LogP contribution in [0, 0.1) is 5.82 Å². The highest BCUT2D eigenvalue weighted by molar-refractivity contribution is 6.23. The van der Waals surface area contributed by atoms with E-state index >= 15 is 0 Å². The van der Waals surface area contributed by atoms with Crippen molar-refractivity contribution in [2.24, 2.45) is 0 Å². The number of benzene rings is 1. The van der Waals surface area contributed by atoms with Crippen molar-refractivity contribution >= 4 is 11.6 Å². The molecule has 1 aromatic carbocycles. The van der Waals surface area contributed by atoms with Gasteiger partial charge >= 0.3 is 0 Å². The lowest BCUT2D eigenvalue weighted by atomic mass is 9.96. The molecule has 2 heteroatoms. The van der Waals surface area contributed by atoms with Crippen molar-refractivity contribution in [3.63, 3.8) is 0 Å². The Kier molecular flexibility index (Phi) is 4.37. The summed E-state index contributed by atoms with van der Waals surface area (Å²) in [6.45, 7) is 9.90. The van der Waals surface area contributed by atoms with Crippen LogP contribution in [0.2, 0.25) is 0 Å². The molecule has 0 atom stereocenters. The van der Waals surface area contributed by atoms with Gasteiger partial charge in [0.15, 0.2) is 0 Å². The lowest BCUT2D eigenvalue weighted by Gasteiger charge is -2.18. The molecule has 0 saturated carbocycles. The highest BCUT2D eigenvalue weighted by Crippen LogP contribution is 2.31. The third kappa shape index (κ3) is 3.85. The summed E-state index contributed by atoms with van der Waals surface area (Å²) in [5.74, 6) is -0.233. The zero-order valence-corrected chi connectivity index (χ0v) is 12.0. The van der Waals surface area contributed by atoms with Crippen molar-refractivity contribution in [1.82, 2.24) is 0 Å². The molecule has 0 nitrogen and oxygen atoms in total. The first-order valence-corrected chi connectivity index (χ1v) is 6.20. The van der Waals surface area contributed by atoms with Gasteiger partial charge in [0, 0.05) is 5.56 Å². The number of hydrogen-bond donors (Lipinski definition) is 0. The molecule has 0 bridgehead atoms. The average Bonchev–Trinajstić information content (AvgIpc) is 2.19. The first-order chi connectivity index (χ1) is 7.71. The largest absolute Gasteiger partial charge is 0.207 e. The van der Waals surface area contributed by atoms with Gasteiger partial charge in [0.05, 0.1) is 4.87 Å². The number of allylic oxidation sites excluding steroid dienone is 2. The highest BCUT2D eigenvalue weighted by Gasteiger charge is 2.21. The van der Waals surface area contributed by atoms with Crippen LogP contribution in [-0.2, 0) is 11.3 Å². The summed E-state index contributed by atoms with van der Waals surface area (Å²) in [5.41, 5.74) is 4.29. The van der Waals surface area contributed by atoms with E-state index in [2.05, 4.69) is 20.8 Å². The molecule has 0 saturated heterocycles. The van der Waals surface area contributed by atoms with E-state index in [9.17, 15) is 4.39 Å². The zero-order chi connectivity index (χ0) is 13.2. The van der Waals surface area contributed by atoms with E-state index < -0.39 is 4.87 Å². The Balaban J connectivity index is 3.10. The molecule has 0 aliphatic heterocycles. The molecular weight excluding hydrogens is 235 g/mol. The third-order valence-corrected chi connectivity index (χ3v) is 3.20. The van der Waals surface area contributed by atoms with Crippen molar-refractivity contribution in [3.8, 4) is 0 Å². The van der Waals surface area contributed by atoms with Gasteiger partial charge in [-0.3, -0.25) is 0 Å². The second-order valence-electron chi connectivity index (χ2n) is 5.24. The van der Waals surface area contributed by atoms with Crippen LogP contribution < -0.4 is 0 Å². The quantitative estimate of drug-likeness (QED) is 0.514. The molecule has 94 valence electrons. The van der Waals surface area contributed by atoms with E-state index in [4.69, 9.17) is 11.6 Å². The Morgan fingerprint density at radius 3 is 2.29 bits per heavy atom. The summed E-state index contributed by atoms with van der Waals surface area (Å²) in [5, 5.41) is 0. The van der Waals surface area contributed by atoms with Crippen LogP contribution in [0.25, 0.3) is 0 Å². The minimum atomic E-state index is -0.668. The molecular formula is C15H20ClF. The maximum Gasteiger partial charge on any atom is 0.128 e. The zero-order valence-electron chi connectivity index (χ0n) is 11.2. The monoisotopic (exact) mass is 254 g/mol. The summed E-state index contributed by atoms with van der Waals surface area (Å²) in [4.78, 5) is -0.668. The Morgan fingerprint density at radius 1 is 1.24 bits per heavy atom. The maximum atomic E-state index is 13.7. The van der Waals surface area contributed by atoms with Gasteiger partial charge < -0.3 is 0 Å². The van der Waals surface area contributed by atoms with Gasteiger partial charge in [-0.1, -0.05) is 23.3 Å². The molecule has 0 heterocycles. The molecule has 0 unspecified atom stereocenters. The van der Waals surface area contributed by atoms with Crippen molar-refractivity contribution in [2.45, 2.75) is 45.9 Å². The molecule has 0 spiro atoms. The summed E-state index contributed by atoms with van der Waals surface area (Å²) in [6.07, 6.45) is 0.850. The average molecular weight is 255 g/mol. The second-order valence-corrected chi connectivity index (χ2v) is 6.19. The van der Waals surface area contributed by atoms with Crippen molar-refractivity contribution in [1.29, 1.82) is 0 Å². The van der Waals surface area contributed by atoms with Crippen LogP contribution in [0.15, 0.2) is 29.3 Å². The van der Waals surface area contributed by atoms with Gasteiger partial charge in [-0.15, -0.1) is 11.6 Å². The SMILES string of the molecule is CC(C)=C(C)Cc1ccc(F)c(C(C)(C)Cl)c1. The Bertz CT molecular complexity index is 435. The van der Waals surface area contributed by atoms with Gasteiger partial charge in [0.1, 0.15) is 5.82 Å². The standard InChI is InChI=1S/C15H20ClF/c1-10(2)11(3)8-12-6-7-14(17)13(9-12)15(4,5)16/h6-7,9H,8H2,1-5H3. The number of hydrogen-bond acceptors (Lipinski definition) is 0. The Labute approximate surface area is 108 Å². The predicted molar refractivity (Wildman–Crippen MR) is 73.0 cm³/mol.